The van der Waals surface area contributed by atoms with Crippen LogP contribution in [0.5, 0.6) is 11.5 Å². The van der Waals surface area contributed by atoms with Crippen molar-refractivity contribution in [2.75, 3.05) is 7.11 Å². The Morgan fingerprint density at radius 3 is 2.59 bits per heavy atom. The maximum absolute atomic E-state index is 10.6. The van der Waals surface area contributed by atoms with Gasteiger partial charge in [-0.05, 0) is 29.3 Å². The molecule has 0 aliphatic carbocycles. The van der Waals surface area contributed by atoms with Gasteiger partial charge in [0.1, 0.15) is 6.61 Å². The summed E-state index contributed by atoms with van der Waals surface area (Å²) in [7, 11) is 1.56. The second kappa shape index (κ2) is 7.66. The number of hydrogen-bond acceptors (Lipinski definition) is 3. The Hall–Kier alpha value is -2.27. The van der Waals surface area contributed by atoms with Gasteiger partial charge in [-0.1, -0.05) is 46.3 Å². The highest BCUT2D eigenvalue weighted by molar-refractivity contribution is 9.10. The Balaban J connectivity index is 2.24. The third-order valence-corrected chi connectivity index (χ3v) is 3.61. The van der Waals surface area contributed by atoms with Crippen LogP contribution < -0.4 is 9.47 Å². The molecule has 0 saturated heterocycles. The first-order valence-electron chi connectivity index (χ1n) is 6.55. The highest BCUT2D eigenvalue weighted by Gasteiger charge is 2.09. The van der Waals surface area contributed by atoms with Gasteiger partial charge in [0, 0.05) is 10.5 Å². The minimum atomic E-state index is -1.01. The molecule has 0 bridgehead atoms. The van der Waals surface area contributed by atoms with E-state index in [4.69, 9.17) is 14.6 Å². The van der Waals surface area contributed by atoms with Crippen LogP contribution in [0.1, 0.15) is 11.1 Å². The highest BCUT2D eigenvalue weighted by Crippen LogP contribution is 2.34. The lowest BCUT2D eigenvalue weighted by Crippen LogP contribution is -1.98. The first-order valence-corrected chi connectivity index (χ1v) is 7.34. The van der Waals surface area contributed by atoms with Gasteiger partial charge < -0.3 is 14.6 Å². The van der Waals surface area contributed by atoms with Crippen molar-refractivity contribution in [3.63, 3.8) is 0 Å². The fourth-order valence-electron chi connectivity index (χ4n) is 1.85. The van der Waals surface area contributed by atoms with Gasteiger partial charge in [-0.15, -0.1) is 0 Å². The molecule has 0 aliphatic rings. The zero-order chi connectivity index (χ0) is 15.9. The van der Waals surface area contributed by atoms with Crippen LogP contribution in [0.25, 0.3) is 6.08 Å². The average Bonchev–Trinajstić information content (AvgIpc) is 2.53. The van der Waals surface area contributed by atoms with E-state index in [1.165, 1.54) is 6.08 Å². The highest BCUT2D eigenvalue weighted by atomic mass is 79.9. The molecule has 2 aromatic carbocycles. The van der Waals surface area contributed by atoms with Gasteiger partial charge in [-0.25, -0.2) is 4.79 Å². The number of benzene rings is 2. The molecule has 114 valence electrons. The molecular formula is C17H15BrO4. The number of carboxylic acid groups (broad SMARTS) is 1. The summed E-state index contributed by atoms with van der Waals surface area (Å²) in [6, 6.07) is 13.3. The van der Waals surface area contributed by atoms with Crippen molar-refractivity contribution >= 4 is 28.0 Å². The second-order valence-corrected chi connectivity index (χ2v) is 5.32. The molecule has 1 N–H and O–H groups in total. The van der Waals surface area contributed by atoms with Gasteiger partial charge in [0.25, 0.3) is 0 Å². The molecule has 0 aromatic heterocycles. The van der Waals surface area contributed by atoms with Crippen molar-refractivity contribution in [1.82, 2.24) is 0 Å². The number of ether oxygens (including phenoxy) is 2. The SMILES string of the molecule is COc1cc(Br)c(C=CC(=O)O)cc1OCc1ccccc1. The number of aliphatic carboxylic acids is 1. The lowest BCUT2D eigenvalue weighted by molar-refractivity contribution is -0.131. The van der Waals surface area contributed by atoms with E-state index in [1.54, 1.807) is 19.2 Å². The second-order valence-electron chi connectivity index (χ2n) is 4.47. The summed E-state index contributed by atoms with van der Waals surface area (Å²) in [6.07, 6.45) is 2.58. The van der Waals surface area contributed by atoms with E-state index in [9.17, 15) is 4.79 Å². The Morgan fingerprint density at radius 2 is 1.95 bits per heavy atom. The average molecular weight is 363 g/mol. The number of carbonyl (C=O) groups is 1. The van der Waals surface area contributed by atoms with Crippen molar-refractivity contribution in [3.8, 4) is 11.5 Å². The molecule has 0 radical (unpaired) electrons. The summed E-state index contributed by atoms with van der Waals surface area (Å²) in [6.45, 7) is 0.404. The Kier molecular flexibility index (Phi) is 5.61. The summed E-state index contributed by atoms with van der Waals surface area (Å²) in [5.41, 5.74) is 1.74. The van der Waals surface area contributed by atoms with E-state index in [-0.39, 0.29) is 0 Å². The van der Waals surface area contributed by atoms with Crippen molar-refractivity contribution in [2.24, 2.45) is 0 Å². The van der Waals surface area contributed by atoms with E-state index in [0.717, 1.165) is 16.1 Å². The molecule has 22 heavy (non-hydrogen) atoms. The Bertz CT molecular complexity index is 681. The molecule has 5 heteroatoms. The maximum atomic E-state index is 10.6. The van der Waals surface area contributed by atoms with E-state index < -0.39 is 5.97 Å². The standard InChI is InChI=1S/C17H15BrO4/c1-21-15-10-14(18)13(7-8-17(19)20)9-16(15)22-11-12-5-3-2-4-6-12/h2-10H,11H2,1H3,(H,19,20). The molecule has 4 nitrogen and oxygen atoms in total. The summed E-state index contributed by atoms with van der Waals surface area (Å²) in [5.74, 6) is 0.129. The molecule has 0 fully saturated rings. The number of carboxylic acids is 1. The van der Waals surface area contributed by atoms with Crippen molar-refractivity contribution in [1.29, 1.82) is 0 Å². The normalized spacial score (nSPS) is 10.6. The van der Waals surface area contributed by atoms with Crippen LogP contribution in [0, 0.1) is 0 Å². The van der Waals surface area contributed by atoms with Crippen LogP contribution in [0.3, 0.4) is 0 Å². The van der Waals surface area contributed by atoms with Crippen LogP contribution in [-0.4, -0.2) is 18.2 Å². The first kappa shape index (κ1) is 16.1. The fourth-order valence-corrected chi connectivity index (χ4v) is 2.30. The molecule has 0 spiro atoms. The van der Waals surface area contributed by atoms with Crippen molar-refractivity contribution < 1.29 is 19.4 Å². The van der Waals surface area contributed by atoms with E-state index in [2.05, 4.69) is 15.9 Å². The topological polar surface area (TPSA) is 55.8 Å². The maximum Gasteiger partial charge on any atom is 0.328 e. The number of hydrogen-bond donors (Lipinski definition) is 1. The zero-order valence-electron chi connectivity index (χ0n) is 12.0. The van der Waals surface area contributed by atoms with Crippen LogP contribution >= 0.6 is 15.9 Å². The number of methoxy groups -OCH3 is 1. The van der Waals surface area contributed by atoms with Crippen LogP contribution in [0.15, 0.2) is 53.0 Å². The Morgan fingerprint density at radius 1 is 1.23 bits per heavy atom. The van der Waals surface area contributed by atoms with Gasteiger partial charge >= 0.3 is 5.97 Å². The monoisotopic (exact) mass is 362 g/mol. The van der Waals surface area contributed by atoms with E-state index >= 15 is 0 Å². The molecule has 0 heterocycles. The predicted octanol–water partition coefficient (Wildman–Crippen LogP) is 4.13. The van der Waals surface area contributed by atoms with Gasteiger partial charge in [-0.2, -0.15) is 0 Å². The van der Waals surface area contributed by atoms with Crippen molar-refractivity contribution in [3.05, 3.63) is 64.1 Å². The smallest absolute Gasteiger partial charge is 0.328 e. The summed E-state index contributed by atoms with van der Waals surface area (Å²) >= 11 is 3.39. The molecule has 0 amide bonds. The Labute approximate surface area is 137 Å². The van der Waals surface area contributed by atoms with Crippen LogP contribution in [0.2, 0.25) is 0 Å². The fraction of sp³-hybridized carbons (Fsp3) is 0.118. The minimum Gasteiger partial charge on any atom is -0.493 e. The van der Waals surface area contributed by atoms with E-state index in [0.29, 0.717) is 23.7 Å². The van der Waals surface area contributed by atoms with Gasteiger partial charge in [0.2, 0.25) is 0 Å². The van der Waals surface area contributed by atoms with Gasteiger partial charge in [0.15, 0.2) is 11.5 Å². The van der Waals surface area contributed by atoms with E-state index in [1.807, 2.05) is 30.3 Å². The number of halogens is 1. The summed E-state index contributed by atoms with van der Waals surface area (Å²) < 4.78 is 11.8. The molecule has 2 rings (SSSR count). The lowest BCUT2D eigenvalue weighted by Gasteiger charge is -2.13. The van der Waals surface area contributed by atoms with Crippen LogP contribution in [-0.2, 0) is 11.4 Å². The zero-order valence-corrected chi connectivity index (χ0v) is 13.5. The minimum absolute atomic E-state index is 0.404. The molecule has 0 aliphatic heterocycles. The molecular weight excluding hydrogens is 348 g/mol. The summed E-state index contributed by atoms with van der Waals surface area (Å²) in [4.78, 5) is 10.6. The first-order chi connectivity index (χ1) is 10.6. The number of rotatable bonds is 6. The molecule has 0 atom stereocenters. The quantitative estimate of drug-likeness (QED) is 0.784. The van der Waals surface area contributed by atoms with Crippen LogP contribution in [0.4, 0.5) is 0 Å². The molecule has 2 aromatic rings. The third-order valence-electron chi connectivity index (χ3n) is 2.93. The van der Waals surface area contributed by atoms with Gasteiger partial charge in [0.05, 0.1) is 7.11 Å². The van der Waals surface area contributed by atoms with Crippen molar-refractivity contribution in [2.45, 2.75) is 6.61 Å². The predicted molar refractivity (Wildman–Crippen MR) is 88.1 cm³/mol. The molecule has 0 unspecified atom stereocenters. The summed E-state index contributed by atoms with van der Waals surface area (Å²) in [5, 5.41) is 8.73. The molecule has 0 saturated carbocycles. The third kappa shape index (κ3) is 4.36. The largest absolute Gasteiger partial charge is 0.493 e. The van der Waals surface area contributed by atoms with Gasteiger partial charge in [-0.3, -0.25) is 0 Å². The lowest BCUT2D eigenvalue weighted by atomic mass is 10.2.